The van der Waals surface area contributed by atoms with Crippen molar-refractivity contribution in [2.24, 2.45) is 4.99 Å². The number of ether oxygens (including phenoxy) is 1. The third-order valence-corrected chi connectivity index (χ3v) is 4.67. The summed E-state index contributed by atoms with van der Waals surface area (Å²) in [5, 5.41) is 2.52. The first kappa shape index (κ1) is 13.4. The summed E-state index contributed by atoms with van der Waals surface area (Å²) in [4.78, 5) is 7.33. The van der Waals surface area contributed by atoms with E-state index >= 15 is 0 Å². The number of hydrogen-bond donors (Lipinski definition) is 0. The average Bonchev–Trinajstić information content (AvgIpc) is 2.92. The smallest absolute Gasteiger partial charge is 0.119 e. The van der Waals surface area contributed by atoms with E-state index in [2.05, 4.69) is 42.2 Å². The van der Waals surface area contributed by atoms with Crippen LogP contribution in [0.15, 0.2) is 47.5 Å². The molecule has 2 aliphatic rings. The van der Waals surface area contributed by atoms with Gasteiger partial charge >= 0.3 is 0 Å². The zero-order valence-electron chi connectivity index (χ0n) is 13.0. The fourth-order valence-electron chi connectivity index (χ4n) is 3.45. The van der Waals surface area contributed by atoms with Crippen molar-refractivity contribution in [1.29, 1.82) is 0 Å². The van der Waals surface area contributed by atoms with E-state index in [0.29, 0.717) is 6.04 Å². The van der Waals surface area contributed by atoms with Crippen molar-refractivity contribution in [3.8, 4) is 5.75 Å². The SMILES string of the molecule is COc1ccc(N2CCC3N=c4ccc(C)cc4=C3C2)cc1. The monoisotopic (exact) mass is 292 g/mol. The lowest BCUT2D eigenvalue weighted by Gasteiger charge is -2.33. The van der Waals surface area contributed by atoms with Crippen LogP contribution < -0.4 is 20.2 Å². The van der Waals surface area contributed by atoms with Crippen molar-refractivity contribution in [3.63, 3.8) is 0 Å². The Morgan fingerprint density at radius 2 is 1.95 bits per heavy atom. The molecule has 0 radical (unpaired) electrons. The molecule has 2 aromatic rings. The van der Waals surface area contributed by atoms with Gasteiger partial charge in [-0.3, -0.25) is 4.99 Å². The van der Waals surface area contributed by atoms with Crippen molar-refractivity contribution < 1.29 is 4.74 Å². The van der Waals surface area contributed by atoms with Crippen LogP contribution in [0.25, 0.3) is 5.57 Å². The highest BCUT2D eigenvalue weighted by Crippen LogP contribution is 2.27. The molecule has 1 saturated heterocycles. The number of methoxy groups -OCH3 is 1. The van der Waals surface area contributed by atoms with Crippen molar-refractivity contribution in [1.82, 2.24) is 0 Å². The molecule has 0 saturated carbocycles. The molecule has 1 atom stereocenters. The molecular formula is C19H20N2O. The lowest BCUT2D eigenvalue weighted by molar-refractivity contribution is 0.415. The highest BCUT2D eigenvalue weighted by atomic mass is 16.5. The Bertz CT molecular complexity index is 824. The van der Waals surface area contributed by atoms with Gasteiger partial charge in [0, 0.05) is 24.0 Å². The van der Waals surface area contributed by atoms with E-state index in [0.717, 1.165) is 25.3 Å². The van der Waals surface area contributed by atoms with Gasteiger partial charge in [-0.15, -0.1) is 0 Å². The third kappa shape index (κ3) is 2.17. The summed E-state index contributed by atoms with van der Waals surface area (Å²) in [6.07, 6.45) is 1.09. The van der Waals surface area contributed by atoms with Crippen LogP contribution in [-0.4, -0.2) is 26.2 Å². The maximum Gasteiger partial charge on any atom is 0.119 e. The zero-order chi connectivity index (χ0) is 15.1. The van der Waals surface area contributed by atoms with Crippen molar-refractivity contribution in [2.75, 3.05) is 25.1 Å². The quantitative estimate of drug-likeness (QED) is 0.846. The van der Waals surface area contributed by atoms with Crippen LogP contribution in [0.4, 0.5) is 5.69 Å². The maximum absolute atomic E-state index is 5.25. The highest BCUT2D eigenvalue weighted by molar-refractivity contribution is 5.64. The van der Waals surface area contributed by atoms with Crippen LogP contribution in [0.1, 0.15) is 12.0 Å². The summed E-state index contributed by atoms with van der Waals surface area (Å²) in [7, 11) is 1.70. The summed E-state index contributed by atoms with van der Waals surface area (Å²) < 4.78 is 5.25. The van der Waals surface area contributed by atoms with E-state index in [1.807, 2.05) is 12.1 Å². The highest BCUT2D eigenvalue weighted by Gasteiger charge is 2.27. The van der Waals surface area contributed by atoms with Crippen LogP contribution in [0.3, 0.4) is 0 Å². The molecule has 0 N–H and O–H groups in total. The largest absolute Gasteiger partial charge is 0.497 e. The number of anilines is 1. The molecule has 22 heavy (non-hydrogen) atoms. The van der Waals surface area contributed by atoms with Crippen molar-refractivity contribution in [3.05, 3.63) is 58.6 Å². The van der Waals surface area contributed by atoms with Gasteiger partial charge in [0.2, 0.25) is 0 Å². The molecule has 3 nitrogen and oxygen atoms in total. The summed E-state index contributed by atoms with van der Waals surface area (Å²) in [5.41, 5.74) is 4.04. The Morgan fingerprint density at radius 3 is 2.73 bits per heavy atom. The van der Waals surface area contributed by atoms with Gasteiger partial charge in [-0.2, -0.15) is 0 Å². The minimum Gasteiger partial charge on any atom is -0.497 e. The Kier molecular flexibility index (Phi) is 3.14. The predicted octanol–water partition coefficient (Wildman–Crippen LogP) is 2.07. The minimum absolute atomic E-state index is 0.381. The van der Waals surface area contributed by atoms with Gasteiger partial charge < -0.3 is 9.64 Å². The summed E-state index contributed by atoms with van der Waals surface area (Å²) >= 11 is 0. The van der Waals surface area contributed by atoms with Gasteiger partial charge in [-0.05, 0) is 55.3 Å². The number of rotatable bonds is 2. The lowest BCUT2D eigenvalue weighted by Crippen LogP contribution is -2.38. The molecule has 0 amide bonds. The zero-order valence-corrected chi connectivity index (χ0v) is 13.0. The van der Waals surface area contributed by atoms with Crippen LogP contribution in [-0.2, 0) is 0 Å². The summed E-state index contributed by atoms with van der Waals surface area (Å²) in [6, 6.07) is 15.3. The molecule has 0 bridgehead atoms. The van der Waals surface area contributed by atoms with Crippen molar-refractivity contribution in [2.45, 2.75) is 19.4 Å². The van der Waals surface area contributed by atoms with Gasteiger partial charge in [0.15, 0.2) is 0 Å². The molecule has 1 fully saturated rings. The Hall–Kier alpha value is -2.29. The number of aryl methyl sites for hydroxylation is 1. The van der Waals surface area contributed by atoms with Crippen LogP contribution in [0.5, 0.6) is 5.75 Å². The van der Waals surface area contributed by atoms with Gasteiger partial charge in [0.05, 0.1) is 18.5 Å². The Balaban J connectivity index is 1.70. The second-order valence-corrected chi connectivity index (χ2v) is 6.10. The molecule has 1 unspecified atom stereocenters. The van der Waals surface area contributed by atoms with E-state index in [-0.39, 0.29) is 0 Å². The first-order valence-electron chi connectivity index (χ1n) is 7.81. The third-order valence-electron chi connectivity index (χ3n) is 4.67. The Labute approximate surface area is 130 Å². The van der Waals surface area contributed by atoms with Gasteiger partial charge in [-0.25, -0.2) is 0 Å². The first-order chi connectivity index (χ1) is 10.7. The number of benzene rings is 2. The van der Waals surface area contributed by atoms with Gasteiger partial charge in [-0.1, -0.05) is 11.6 Å². The van der Waals surface area contributed by atoms with Crippen molar-refractivity contribution >= 4 is 11.3 Å². The van der Waals surface area contributed by atoms with E-state index in [4.69, 9.17) is 9.73 Å². The van der Waals surface area contributed by atoms with E-state index in [1.54, 1.807) is 7.11 Å². The number of fused-ring (bicyclic) bond motifs is 2. The maximum atomic E-state index is 5.25. The molecular weight excluding hydrogens is 272 g/mol. The van der Waals surface area contributed by atoms with E-state index in [1.165, 1.54) is 27.4 Å². The number of hydrogen-bond acceptors (Lipinski definition) is 3. The second-order valence-electron chi connectivity index (χ2n) is 6.10. The predicted molar refractivity (Wildman–Crippen MR) is 89.0 cm³/mol. The molecule has 0 aromatic heterocycles. The molecule has 112 valence electrons. The molecule has 2 heterocycles. The normalized spacial score (nSPS) is 19.5. The van der Waals surface area contributed by atoms with Crippen LogP contribution in [0.2, 0.25) is 0 Å². The first-order valence-corrected chi connectivity index (χ1v) is 7.81. The minimum atomic E-state index is 0.381. The summed E-state index contributed by atoms with van der Waals surface area (Å²) in [5.74, 6) is 0.906. The molecule has 0 spiro atoms. The second kappa shape index (κ2) is 5.16. The average molecular weight is 292 g/mol. The van der Waals surface area contributed by atoms with Crippen LogP contribution >= 0.6 is 0 Å². The van der Waals surface area contributed by atoms with E-state index in [9.17, 15) is 0 Å². The summed E-state index contributed by atoms with van der Waals surface area (Å²) in [6.45, 7) is 4.17. The number of nitrogens with zero attached hydrogens (tertiary/aromatic N) is 2. The topological polar surface area (TPSA) is 24.8 Å². The molecule has 4 rings (SSSR count). The Morgan fingerprint density at radius 1 is 1.14 bits per heavy atom. The molecule has 0 aliphatic carbocycles. The molecule has 2 aromatic carbocycles. The van der Waals surface area contributed by atoms with Gasteiger partial charge in [0.25, 0.3) is 0 Å². The van der Waals surface area contributed by atoms with E-state index < -0.39 is 0 Å². The fraction of sp³-hybridized carbons (Fsp3) is 0.316. The molecule has 3 heteroatoms. The fourth-order valence-corrected chi connectivity index (χ4v) is 3.45. The van der Waals surface area contributed by atoms with Gasteiger partial charge in [0.1, 0.15) is 5.75 Å². The number of piperidine rings is 1. The molecule has 2 aliphatic heterocycles. The van der Waals surface area contributed by atoms with Crippen LogP contribution in [0, 0.1) is 6.92 Å². The standard InChI is InChI=1S/C19H20N2O/c1-13-3-8-18-16(11-13)17-12-21(10-9-19(17)20-18)14-4-6-15(22-2)7-5-14/h3-8,11,19H,9-10,12H2,1-2H3. The lowest BCUT2D eigenvalue weighted by atomic mass is 9.98.